The molecule has 0 N–H and O–H groups in total. The molecule has 0 amide bonds. The molecule has 0 saturated carbocycles. The second-order valence-corrected chi connectivity index (χ2v) is 17.4. The molecular formula is C30H40I2N2Ni. The molecule has 194 valence electrons. The zero-order valence-electron chi connectivity index (χ0n) is 21.7. The van der Waals surface area contributed by atoms with Crippen LogP contribution < -0.4 is 0 Å². The van der Waals surface area contributed by atoms with Gasteiger partial charge in [0.15, 0.2) is 0 Å². The fraction of sp³-hybridized carbons (Fsp3) is 0.467. The molecule has 5 heteroatoms. The van der Waals surface area contributed by atoms with E-state index in [1.807, 2.05) is 0 Å². The third kappa shape index (κ3) is 8.77. The summed E-state index contributed by atoms with van der Waals surface area (Å²) in [5.74, 6) is 0. The van der Waals surface area contributed by atoms with Crippen molar-refractivity contribution in [3.05, 3.63) is 87.5 Å². The Kier molecular flexibility index (Phi) is 15.0. The van der Waals surface area contributed by atoms with Gasteiger partial charge in [0, 0.05) is 22.3 Å². The molecule has 0 atom stereocenters. The van der Waals surface area contributed by atoms with Crippen molar-refractivity contribution in [3.8, 4) is 0 Å². The Bertz CT molecular complexity index is 1030. The molecule has 2 aromatic carbocycles. The van der Waals surface area contributed by atoms with Gasteiger partial charge in [-0.15, -0.1) is 0 Å². The molecule has 0 aliphatic carbocycles. The van der Waals surface area contributed by atoms with E-state index in [-0.39, 0.29) is 0 Å². The number of nitrogens with zero attached hydrogens (tertiary/aromatic N) is 2. The summed E-state index contributed by atoms with van der Waals surface area (Å²) in [5, 5.41) is 0. The molecule has 1 aliphatic rings. The molecule has 3 rings (SSSR count). The summed E-state index contributed by atoms with van der Waals surface area (Å²) < 4.78 is 1.50. The summed E-state index contributed by atoms with van der Waals surface area (Å²) in [4.78, 5) is 0. The van der Waals surface area contributed by atoms with Crippen LogP contribution in [0.15, 0.2) is 59.7 Å². The molecule has 0 spiro atoms. The summed E-state index contributed by atoms with van der Waals surface area (Å²) >= 11 is 4.43. The Hall–Kier alpha value is -0.526. The molecular weight excluding hydrogens is 701 g/mol. The second kappa shape index (κ2) is 17.1. The molecule has 0 fully saturated rings. The maximum atomic E-state index is 11.6. The fourth-order valence-corrected chi connectivity index (χ4v) is 4.76. The van der Waals surface area contributed by atoms with Gasteiger partial charge in [-0.1, -0.05) is 71.2 Å². The SMILES string of the molecule is CCCCC1=C(c2cccc(CCCC)c2)[N+](=[N-])C(c2cccc(CCCC)c2)=C1CC.[I][Ni][I]. The zero-order valence-corrected chi connectivity index (χ0v) is 27.0. The minimum atomic E-state index is 0.920. The predicted octanol–water partition coefficient (Wildman–Crippen LogP) is 10.9. The first-order valence-electron chi connectivity index (χ1n) is 13.0. The third-order valence-electron chi connectivity index (χ3n) is 6.53. The Morgan fingerprint density at radius 3 is 1.54 bits per heavy atom. The van der Waals surface area contributed by atoms with Crippen molar-refractivity contribution in [2.45, 2.75) is 91.9 Å². The molecule has 1 heterocycles. The van der Waals surface area contributed by atoms with Crippen LogP contribution >= 0.6 is 41.0 Å². The number of halogens is 2. The first-order chi connectivity index (χ1) is 17.1. The molecule has 0 radical (unpaired) electrons. The topological polar surface area (TPSA) is 25.3 Å². The van der Waals surface area contributed by atoms with Crippen molar-refractivity contribution in [2.24, 2.45) is 0 Å². The Morgan fingerprint density at radius 2 is 1.11 bits per heavy atom. The quantitative estimate of drug-likeness (QED) is 0.118. The molecule has 1 aliphatic heterocycles. The fourth-order valence-electron chi connectivity index (χ4n) is 4.76. The van der Waals surface area contributed by atoms with Gasteiger partial charge in [0.2, 0.25) is 11.4 Å². The van der Waals surface area contributed by atoms with E-state index in [1.165, 1.54) is 52.7 Å². The van der Waals surface area contributed by atoms with Gasteiger partial charge in [0.1, 0.15) is 0 Å². The van der Waals surface area contributed by atoms with Crippen LogP contribution in [0.4, 0.5) is 0 Å². The summed E-state index contributed by atoms with van der Waals surface area (Å²) in [7, 11) is 1.56. The molecule has 35 heavy (non-hydrogen) atoms. The number of aryl methyl sites for hydroxylation is 2. The van der Waals surface area contributed by atoms with Crippen LogP contribution in [0, 0.1) is 0 Å². The van der Waals surface area contributed by atoms with Crippen molar-refractivity contribution in [1.29, 1.82) is 0 Å². The zero-order chi connectivity index (χ0) is 25.6. The van der Waals surface area contributed by atoms with Gasteiger partial charge in [0.25, 0.3) is 0 Å². The molecule has 2 nitrogen and oxygen atoms in total. The van der Waals surface area contributed by atoms with Gasteiger partial charge < -0.3 is 5.53 Å². The van der Waals surface area contributed by atoms with Gasteiger partial charge in [0.05, 0.1) is 0 Å². The number of unbranched alkanes of at least 4 members (excludes halogenated alkanes) is 3. The van der Waals surface area contributed by atoms with E-state index in [9.17, 15) is 5.53 Å². The average molecular weight is 741 g/mol. The summed E-state index contributed by atoms with van der Waals surface area (Å²) in [6, 6.07) is 17.6. The predicted molar refractivity (Wildman–Crippen MR) is 165 cm³/mol. The van der Waals surface area contributed by atoms with Crippen LogP contribution in [0.1, 0.15) is 101 Å². The van der Waals surface area contributed by atoms with E-state index >= 15 is 0 Å². The molecule has 0 aromatic heterocycles. The third-order valence-corrected chi connectivity index (χ3v) is 6.53. The van der Waals surface area contributed by atoms with E-state index in [2.05, 4.69) is 117 Å². The van der Waals surface area contributed by atoms with E-state index in [0.29, 0.717) is 0 Å². The van der Waals surface area contributed by atoms with Crippen molar-refractivity contribution >= 4 is 52.4 Å². The number of rotatable bonds is 12. The molecule has 0 unspecified atom stereocenters. The van der Waals surface area contributed by atoms with Gasteiger partial charge >= 0.3 is 49.0 Å². The van der Waals surface area contributed by atoms with E-state index < -0.39 is 0 Å². The van der Waals surface area contributed by atoms with Crippen molar-refractivity contribution in [1.82, 2.24) is 0 Å². The average Bonchev–Trinajstić information content (AvgIpc) is 3.16. The van der Waals surface area contributed by atoms with Crippen molar-refractivity contribution in [3.63, 3.8) is 0 Å². The number of hydrogen-bond donors (Lipinski definition) is 0. The van der Waals surface area contributed by atoms with Crippen LogP contribution in [0.25, 0.3) is 16.9 Å². The van der Waals surface area contributed by atoms with Crippen molar-refractivity contribution in [2.75, 3.05) is 0 Å². The summed E-state index contributed by atoms with van der Waals surface area (Å²) in [5.41, 5.74) is 21.1. The van der Waals surface area contributed by atoms with Crippen LogP contribution in [0.5, 0.6) is 0 Å². The van der Waals surface area contributed by atoms with Gasteiger partial charge in [-0.2, -0.15) is 0 Å². The number of hydrogen-bond acceptors (Lipinski definition) is 0. The van der Waals surface area contributed by atoms with E-state index in [1.54, 1.807) is 8.07 Å². The summed E-state index contributed by atoms with van der Waals surface area (Å²) in [6.07, 6.45) is 11.2. The van der Waals surface area contributed by atoms with Gasteiger partial charge in [-0.25, -0.2) is 4.70 Å². The Morgan fingerprint density at radius 1 is 0.686 bits per heavy atom. The van der Waals surface area contributed by atoms with E-state index in [4.69, 9.17) is 0 Å². The van der Waals surface area contributed by atoms with Gasteiger partial charge in [-0.3, -0.25) is 0 Å². The van der Waals surface area contributed by atoms with Crippen LogP contribution in [0.3, 0.4) is 0 Å². The van der Waals surface area contributed by atoms with Crippen LogP contribution in [-0.2, 0) is 20.9 Å². The molecule has 2 aromatic rings. The van der Waals surface area contributed by atoms with Crippen LogP contribution in [0.2, 0.25) is 0 Å². The minimum absolute atomic E-state index is 0.920. The first-order valence-corrected chi connectivity index (χ1v) is 19.4. The molecule has 0 saturated heterocycles. The van der Waals surface area contributed by atoms with E-state index in [0.717, 1.165) is 61.0 Å². The summed E-state index contributed by atoms with van der Waals surface area (Å²) in [6.45, 7) is 8.93. The molecule has 0 bridgehead atoms. The number of benzene rings is 2. The Labute approximate surface area is 242 Å². The number of allylic oxidation sites excluding steroid dienone is 2. The van der Waals surface area contributed by atoms with Crippen LogP contribution in [-0.4, -0.2) is 4.70 Å². The standard InChI is InChI=1S/C30H40N2.2HI.Ni/c1-5-9-14-23-16-12-18-25(21-23)29-27(8-4)28(20-11-7-3)30(32(29)31)26-19-13-17-24(22-26)15-10-6-2;;;/h12-13,16-19,21-22H,5-11,14-15,20H2,1-4H3;2*1H;/q;;;+2/p-2. The second-order valence-electron chi connectivity index (χ2n) is 9.08. The normalized spacial score (nSPS) is 13.5. The van der Waals surface area contributed by atoms with Gasteiger partial charge in [-0.05, 0) is 80.3 Å². The Balaban J connectivity index is 0.00000137. The van der Waals surface area contributed by atoms with Crippen molar-refractivity contribution < 1.29 is 12.8 Å². The maximum absolute atomic E-state index is 11.6. The monoisotopic (exact) mass is 740 g/mol. The first kappa shape index (κ1) is 30.7.